The minimum absolute atomic E-state index is 0.0718. The summed E-state index contributed by atoms with van der Waals surface area (Å²) < 4.78 is 31.0. The second kappa shape index (κ2) is 6.79. The first-order valence-electron chi connectivity index (χ1n) is 4.74. The third-order valence-corrected chi connectivity index (χ3v) is 3.49. The molecule has 0 saturated heterocycles. The van der Waals surface area contributed by atoms with E-state index >= 15 is 0 Å². The van der Waals surface area contributed by atoms with Gasteiger partial charge in [-0.15, -0.1) is 0 Å². The lowest BCUT2D eigenvalue weighted by molar-refractivity contribution is -0.141. The van der Waals surface area contributed by atoms with Gasteiger partial charge in [-0.3, -0.25) is 4.79 Å². The highest BCUT2D eigenvalue weighted by molar-refractivity contribution is 7.87. The Balaban J connectivity index is 4.24. The number of ether oxygens (including phenoxy) is 1. The highest BCUT2D eigenvalue weighted by Crippen LogP contribution is 2.01. The van der Waals surface area contributed by atoms with Crippen LogP contribution in [0.25, 0.3) is 0 Å². The van der Waals surface area contributed by atoms with Crippen LogP contribution in [-0.4, -0.2) is 57.7 Å². The van der Waals surface area contributed by atoms with Crippen molar-refractivity contribution in [2.75, 3.05) is 33.9 Å². The van der Waals surface area contributed by atoms with Crippen LogP contribution in [0.4, 0.5) is 0 Å². The average Bonchev–Trinajstić information content (AvgIpc) is 2.17. The quantitative estimate of drug-likeness (QED) is 0.548. The van der Waals surface area contributed by atoms with E-state index in [1.807, 2.05) is 0 Å². The monoisotopic (exact) mass is 254 g/mol. The van der Waals surface area contributed by atoms with E-state index < -0.39 is 22.1 Å². The molecule has 8 heteroatoms. The Kier molecular flexibility index (Phi) is 6.49. The summed E-state index contributed by atoms with van der Waals surface area (Å²) in [6.45, 7) is 1.80. The number of carbonyl (C=O) groups is 1. The lowest BCUT2D eigenvalue weighted by Crippen LogP contribution is -2.42. The normalized spacial score (nSPS) is 14.0. The van der Waals surface area contributed by atoms with Gasteiger partial charge in [0.05, 0.1) is 12.5 Å². The third-order valence-electron chi connectivity index (χ3n) is 1.95. The van der Waals surface area contributed by atoms with E-state index in [0.717, 1.165) is 4.31 Å². The third kappa shape index (κ3) is 5.40. The summed E-state index contributed by atoms with van der Waals surface area (Å²) in [5.41, 5.74) is 0. The number of carboxylic acid groups (broad SMARTS) is 1. The summed E-state index contributed by atoms with van der Waals surface area (Å²) in [5.74, 6) is -1.78. The van der Waals surface area contributed by atoms with Crippen molar-refractivity contribution >= 4 is 16.2 Å². The molecule has 0 saturated carbocycles. The maximum Gasteiger partial charge on any atom is 0.307 e. The van der Waals surface area contributed by atoms with E-state index in [1.54, 1.807) is 0 Å². The summed E-state index contributed by atoms with van der Waals surface area (Å²) in [7, 11) is -0.830. The molecule has 0 aromatic rings. The van der Waals surface area contributed by atoms with E-state index in [4.69, 9.17) is 9.84 Å². The van der Waals surface area contributed by atoms with Gasteiger partial charge in [0.2, 0.25) is 0 Å². The molecule has 16 heavy (non-hydrogen) atoms. The zero-order valence-corrected chi connectivity index (χ0v) is 10.5. The maximum absolute atomic E-state index is 11.5. The number of hydrogen-bond acceptors (Lipinski definition) is 4. The molecule has 0 spiro atoms. The standard InChI is InChI=1S/C8H18N2O5S/c1-7(8(11)12)6-10(2)16(13,14)9-4-5-15-3/h7,9H,4-6H2,1-3H3,(H,11,12). The first-order chi connectivity index (χ1) is 7.31. The zero-order chi connectivity index (χ0) is 12.8. The van der Waals surface area contributed by atoms with Crippen LogP contribution < -0.4 is 4.72 Å². The minimum Gasteiger partial charge on any atom is -0.481 e. The molecule has 0 fully saturated rings. The van der Waals surface area contributed by atoms with Crippen molar-refractivity contribution in [3.63, 3.8) is 0 Å². The van der Waals surface area contributed by atoms with Gasteiger partial charge in [-0.2, -0.15) is 17.4 Å². The van der Waals surface area contributed by atoms with Gasteiger partial charge in [0, 0.05) is 27.2 Å². The Labute approximate surface area is 95.6 Å². The number of methoxy groups -OCH3 is 1. The van der Waals surface area contributed by atoms with Crippen LogP contribution in [-0.2, 0) is 19.7 Å². The smallest absolute Gasteiger partial charge is 0.307 e. The number of aliphatic carboxylic acids is 1. The summed E-state index contributed by atoms with van der Waals surface area (Å²) in [6, 6.07) is 0. The molecule has 0 radical (unpaired) electrons. The fraction of sp³-hybridized carbons (Fsp3) is 0.875. The lowest BCUT2D eigenvalue weighted by atomic mass is 10.2. The molecule has 0 aromatic carbocycles. The van der Waals surface area contributed by atoms with Crippen LogP contribution >= 0.6 is 0 Å². The first-order valence-corrected chi connectivity index (χ1v) is 6.18. The van der Waals surface area contributed by atoms with Gasteiger partial charge in [-0.25, -0.2) is 0 Å². The summed E-state index contributed by atoms with van der Waals surface area (Å²) in [6.07, 6.45) is 0. The Morgan fingerprint density at radius 2 is 2.12 bits per heavy atom. The zero-order valence-electron chi connectivity index (χ0n) is 9.63. The molecule has 0 aliphatic rings. The van der Waals surface area contributed by atoms with E-state index in [1.165, 1.54) is 21.1 Å². The largest absolute Gasteiger partial charge is 0.481 e. The van der Waals surface area contributed by atoms with E-state index in [2.05, 4.69) is 4.72 Å². The lowest BCUT2D eigenvalue weighted by Gasteiger charge is -2.19. The number of carboxylic acids is 1. The second-order valence-electron chi connectivity index (χ2n) is 3.41. The van der Waals surface area contributed by atoms with Crippen LogP contribution in [0.1, 0.15) is 6.92 Å². The molecule has 96 valence electrons. The predicted molar refractivity (Wildman–Crippen MR) is 58.2 cm³/mol. The molecule has 2 N–H and O–H groups in total. The number of nitrogens with zero attached hydrogens (tertiary/aromatic N) is 1. The van der Waals surface area contributed by atoms with Crippen LogP contribution in [0.2, 0.25) is 0 Å². The molecule has 0 heterocycles. The molecule has 1 atom stereocenters. The number of rotatable bonds is 8. The molecule has 1 unspecified atom stereocenters. The van der Waals surface area contributed by atoms with Gasteiger partial charge in [0.15, 0.2) is 0 Å². The Hall–Kier alpha value is -0.700. The molecular formula is C8H18N2O5S. The van der Waals surface area contributed by atoms with Crippen molar-refractivity contribution in [3.8, 4) is 0 Å². The number of nitrogens with one attached hydrogen (secondary N) is 1. The fourth-order valence-corrected chi connectivity index (χ4v) is 1.93. The summed E-state index contributed by atoms with van der Waals surface area (Å²) in [5, 5.41) is 8.65. The Morgan fingerprint density at radius 3 is 2.56 bits per heavy atom. The molecule has 0 aliphatic heterocycles. The molecule has 7 nitrogen and oxygen atoms in total. The molecule has 0 aromatic heterocycles. The van der Waals surface area contributed by atoms with Gasteiger partial charge in [-0.1, -0.05) is 6.92 Å². The van der Waals surface area contributed by atoms with E-state index in [9.17, 15) is 13.2 Å². The molecule has 0 amide bonds. The SMILES string of the molecule is COCCNS(=O)(=O)N(C)CC(C)C(=O)O. The summed E-state index contributed by atoms with van der Waals surface area (Å²) in [4.78, 5) is 10.6. The first kappa shape index (κ1) is 15.3. The van der Waals surface area contributed by atoms with Crippen molar-refractivity contribution in [1.29, 1.82) is 0 Å². The van der Waals surface area contributed by atoms with Crippen molar-refractivity contribution in [2.24, 2.45) is 5.92 Å². The van der Waals surface area contributed by atoms with Crippen LogP contribution in [0.5, 0.6) is 0 Å². The van der Waals surface area contributed by atoms with Gasteiger partial charge < -0.3 is 9.84 Å². The highest BCUT2D eigenvalue weighted by atomic mass is 32.2. The topological polar surface area (TPSA) is 95.9 Å². The van der Waals surface area contributed by atoms with Gasteiger partial charge in [0.25, 0.3) is 10.2 Å². The average molecular weight is 254 g/mol. The van der Waals surface area contributed by atoms with E-state index in [0.29, 0.717) is 0 Å². The van der Waals surface area contributed by atoms with Crippen molar-refractivity contribution in [1.82, 2.24) is 9.03 Å². The van der Waals surface area contributed by atoms with E-state index in [-0.39, 0.29) is 19.7 Å². The Bertz CT molecular complexity index is 316. The molecular weight excluding hydrogens is 236 g/mol. The molecule has 0 rings (SSSR count). The minimum atomic E-state index is -3.62. The summed E-state index contributed by atoms with van der Waals surface area (Å²) >= 11 is 0. The van der Waals surface area contributed by atoms with Crippen LogP contribution in [0.15, 0.2) is 0 Å². The molecule has 0 bridgehead atoms. The number of hydrogen-bond donors (Lipinski definition) is 2. The van der Waals surface area contributed by atoms with Gasteiger partial charge >= 0.3 is 5.97 Å². The predicted octanol–water partition coefficient (Wildman–Crippen LogP) is -0.880. The molecule has 0 aliphatic carbocycles. The second-order valence-corrected chi connectivity index (χ2v) is 5.27. The van der Waals surface area contributed by atoms with Crippen molar-refractivity contribution < 1.29 is 23.1 Å². The highest BCUT2D eigenvalue weighted by Gasteiger charge is 2.22. The van der Waals surface area contributed by atoms with Gasteiger partial charge in [-0.05, 0) is 0 Å². The van der Waals surface area contributed by atoms with Crippen molar-refractivity contribution in [3.05, 3.63) is 0 Å². The van der Waals surface area contributed by atoms with Crippen LogP contribution in [0, 0.1) is 5.92 Å². The Morgan fingerprint density at radius 1 is 1.56 bits per heavy atom. The van der Waals surface area contributed by atoms with Gasteiger partial charge in [0.1, 0.15) is 0 Å². The maximum atomic E-state index is 11.5. The fourth-order valence-electron chi connectivity index (χ4n) is 0.945. The van der Waals surface area contributed by atoms with Crippen molar-refractivity contribution in [2.45, 2.75) is 6.92 Å². The van der Waals surface area contributed by atoms with Crippen LogP contribution in [0.3, 0.4) is 0 Å².